The predicted octanol–water partition coefficient (Wildman–Crippen LogP) is 4.58. The van der Waals surface area contributed by atoms with E-state index >= 15 is 0 Å². The lowest BCUT2D eigenvalue weighted by molar-refractivity contribution is -0.137. The Hall–Kier alpha value is -1.93. The topological polar surface area (TPSA) is 46.6 Å². The van der Waals surface area contributed by atoms with Gasteiger partial charge in [0.05, 0.1) is 28.3 Å². The Morgan fingerprint density at radius 1 is 1.12 bits per heavy atom. The Balaban J connectivity index is 2.43. The number of nitrogens with zero attached hydrogens (tertiary/aromatic N) is 1. The average Bonchev–Trinajstić information content (AvgIpc) is 2.55. The zero-order valence-corrected chi connectivity index (χ0v) is 14.9. The van der Waals surface area contributed by atoms with Crippen LogP contribution in [0.1, 0.15) is 12.5 Å². The number of ether oxygens (including phenoxy) is 1. The van der Waals surface area contributed by atoms with Crippen molar-refractivity contribution in [2.24, 2.45) is 0 Å². The molecule has 0 saturated heterocycles. The molecule has 4 nitrogen and oxygen atoms in total. The average molecular weight is 394 g/mol. The number of anilines is 1. The smallest absolute Gasteiger partial charge is 0.416 e. The van der Waals surface area contributed by atoms with Crippen LogP contribution in [-0.4, -0.2) is 22.1 Å². The number of halogens is 4. The summed E-state index contributed by atoms with van der Waals surface area (Å²) in [6.45, 7) is 1.62. The second kappa shape index (κ2) is 7.13. The second-order valence-corrected chi connectivity index (χ2v) is 7.28. The van der Waals surface area contributed by atoms with E-state index in [1.807, 2.05) is 0 Å². The number of sulfonamides is 1. The van der Waals surface area contributed by atoms with Crippen molar-refractivity contribution in [3.63, 3.8) is 0 Å². The number of benzene rings is 2. The quantitative estimate of drug-likeness (QED) is 0.746. The molecule has 0 fully saturated rings. The molecule has 0 aromatic heterocycles. The maximum atomic E-state index is 12.8. The Morgan fingerprint density at radius 2 is 1.72 bits per heavy atom. The van der Waals surface area contributed by atoms with Crippen LogP contribution in [-0.2, 0) is 16.2 Å². The van der Waals surface area contributed by atoms with Gasteiger partial charge in [0, 0.05) is 6.54 Å². The largest absolute Gasteiger partial charge is 0.495 e. The van der Waals surface area contributed by atoms with Gasteiger partial charge in [-0.25, -0.2) is 8.42 Å². The minimum atomic E-state index is -4.49. The standard InChI is InChI=1S/C16H15ClF3NO3S/c1-3-21(12-6-4-11(5-7-12)16(18,19)20)25(22,23)13-8-9-15(24-2)14(17)10-13/h4-10H,3H2,1-2H3. The highest BCUT2D eigenvalue weighted by atomic mass is 35.5. The van der Waals surface area contributed by atoms with Crippen molar-refractivity contribution in [3.8, 4) is 5.75 Å². The maximum Gasteiger partial charge on any atom is 0.416 e. The van der Waals surface area contributed by atoms with Gasteiger partial charge in [0.1, 0.15) is 5.75 Å². The first kappa shape index (κ1) is 19.4. The van der Waals surface area contributed by atoms with Gasteiger partial charge in [-0.3, -0.25) is 4.31 Å². The van der Waals surface area contributed by atoms with Crippen LogP contribution in [0.4, 0.5) is 18.9 Å². The first-order valence-electron chi connectivity index (χ1n) is 7.14. The van der Waals surface area contributed by atoms with Gasteiger partial charge >= 0.3 is 6.18 Å². The second-order valence-electron chi connectivity index (χ2n) is 5.01. The number of hydrogen-bond acceptors (Lipinski definition) is 3. The molecule has 0 saturated carbocycles. The van der Waals surface area contributed by atoms with Gasteiger partial charge in [-0.05, 0) is 49.4 Å². The molecule has 0 aliphatic rings. The summed E-state index contributed by atoms with van der Waals surface area (Å²) >= 11 is 5.97. The van der Waals surface area contributed by atoms with E-state index in [9.17, 15) is 21.6 Å². The van der Waals surface area contributed by atoms with Gasteiger partial charge in [0.25, 0.3) is 10.0 Å². The summed E-state index contributed by atoms with van der Waals surface area (Å²) < 4.78 is 69.6. The molecule has 2 aromatic carbocycles. The van der Waals surface area contributed by atoms with Crippen LogP contribution in [0.25, 0.3) is 0 Å². The van der Waals surface area contributed by atoms with Crippen molar-refractivity contribution in [1.82, 2.24) is 0 Å². The van der Waals surface area contributed by atoms with Crippen LogP contribution in [0.5, 0.6) is 5.75 Å². The van der Waals surface area contributed by atoms with Crippen LogP contribution in [0.2, 0.25) is 5.02 Å². The van der Waals surface area contributed by atoms with Gasteiger partial charge in [-0.2, -0.15) is 13.2 Å². The number of rotatable bonds is 5. The SMILES string of the molecule is CCN(c1ccc(C(F)(F)F)cc1)S(=O)(=O)c1ccc(OC)c(Cl)c1. The third-order valence-corrected chi connectivity index (χ3v) is 5.68. The Morgan fingerprint density at radius 3 is 2.16 bits per heavy atom. The predicted molar refractivity (Wildman–Crippen MR) is 89.7 cm³/mol. The molecule has 136 valence electrons. The Bertz CT molecular complexity index is 852. The zero-order chi connectivity index (χ0) is 18.8. The summed E-state index contributed by atoms with van der Waals surface area (Å²) in [5, 5.41) is 0.118. The van der Waals surface area contributed by atoms with Gasteiger partial charge in [0.15, 0.2) is 0 Å². The molecule has 0 bridgehead atoms. The lowest BCUT2D eigenvalue weighted by Crippen LogP contribution is -2.30. The molecule has 0 heterocycles. The molecule has 0 spiro atoms. The lowest BCUT2D eigenvalue weighted by atomic mass is 10.2. The summed E-state index contributed by atoms with van der Waals surface area (Å²) in [5.74, 6) is 0.318. The van der Waals surface area contributed by atoms with Gasteiger partial charge in [0.2, 0.25) is 0 Å². The summed E-state index contributed by atoms with van der Waals surface area (Å²) in [4.78, 5) is -0.0833. The van der Waals surface area contributed by atoms with E-state index in [0.29, 0.717) is 5.75 Å². The highest BCUT2D eigenvalue weighted by molar-refractivity contribution is 7.92. The van der Waals surface area contributed by atoms with Crippen molar-refractivity contribution in [1.29, 1.82) is 0 Å². The Kier molecular flexibility index (Phi) is 5.53. The van der Waals surface area contributed by atoms with E-state index < -0.39 is 21.8 Å². The molecule has 0 aliphatic heterocycles. The molecule has 0 amide bonds. The minimum Gasteiger partial charge on any atom is -0.495 e. The van der Waals surface area contributed by atoms with Crippen molar-refractivity contribution >= 4 is 27.3 Å². The fourth-order valence-corrected chi connectivity index (χ4v) is 4.07. The van der Waals surface area contributed by atoms with E-state index in [1.54, 1.807) is 6.92 Å². The molecule has 0 unspecified atom stereocenters. The molecule has 0 atom stereocenters. The third kappa shape index (κ3) is 4.01. The van der Waals surface area contributed by atoms with Crippen LogP contribution >= 0.6 is 11.6 Å². The van der Waals surface area contributed by atoms with E-state index in [4.69, 9.17) is 16.3 Å². The molecule has 25 heavy (non-hydrogen) atoms. The molecule has 0 radical (unpaired) electrons. The minimum absolute atomic E-state index is 0.0390. The molecular weight excluding hydrogens is 379 g/mol. The molecule has 2 rings (SSSR count). The van der Waals surface area contributed by atoms with Crippen molar-refractivity contribution in [3.05, 3.63) is 53.1 Å². The fraction of sp³-hybridized carbons (Fsp3) is 0.250. The van der Waals surface area contributed by atoms with Crippen molar-refractivity contribution in [2.75, 3.05) is 18.0 Å². The first-order chi connectivity index (χ1) is 11.6. The molecule has 0 N–H and O–H groups in total. The fourth-order valence-electron chi connectivity index (χ4n) is 2.24. The Labute approximate surface area is 148 Å². The van der Waals surface area contributed by atoms with E-state index in [-0.39, 0.29) is 22.2 Å². The number of hydrogen-bond donors (Lipinski definition) is 0. The van der Waals surface area contributed by atoms with E-state index in [0.717, 1.165) is 28.6 Å². The van der Waals surface area contributed by atoms with Crippen molar-refractivity contribution < 1.29 is 26.3 Å². The maximum absolute atomic E-state index is 12.8. The molecule has 0 aliphatic carbocycles. The highest BCUT2D eigenvalue weighted by Gasteiger charge is 2.31. The third-order valence-electron chi connectivity index (χ3n) is 3.48. The molecule has 2 aromatic rings. The normalized spacial score (nSPS) is 12.1. The monoisotopic (exact) mass is 393 g/mol. The van der Waals surface area contributed by atoms with E-state index in [2.05, 4.69) is 0 Å². The zero-order valence-electron chi connectivity index (χ0n) is 13.3. The molecule has 9 heteroatoms. The number of methoxy groups -OCH3 is 1. The summed E-state index contributed by atoms with van der Waals surface area (Å²) in [6.07, 6.45) is -4.49. The van der Waals surface area contributed by atoms with Crippen LogP contribution in [0, 0.1) is 0 Å². The highest BCUT2D eigenvalue weighted by Crippen LogP contribution is 2.33. The van der Waals surface area contributed by atoms with Gasteiger partial charge < -0.3 is 4.74 Å². The van der Waals surface area contributed by atoms with Gasteiger partial charge in [-0.1, -0.05) is 11.6 Å². The number of alkyl halides is 3. The summed E-state index contributed by atoms with van der Waals surface area (Å²) in [5.41, 5.74) is -0.723. The van der Waals surface area contributed by atoms with Crippen LogP contribution in [0.3, 0.4) is 0 Å². The van der Waals surface area contributed by atoms with Crippen molar-refractivity contribution in [2.45, 2.75) is 18.0 Å². The van der Waals surface area contributed by atoms with Gasteiger partial charge in [-0.15, -0.1) is 0 Å². The summed E-state index contributed by atoms with van der Waals surface area (Å²) in [7, 11) is -2.59. The summed E-state index contributed by atoms with van der Waals surface area (Å²) in [6, 6.07) is 7.90. The van der Waals surface area contributed by atoms with Crippen LogP contribution in [0.15, 0.2) is 47.4 Å². The molecular formula is C16H15ClF3NO3S. The van der Waals surface area contributed by atoms with E-state index in [1.165, 1.54) is 25.3 Å². The first-order valence-corrected chi connectivity index (χ1v) is 8.96. The van der Waals surface area contributed by atoms with Crippen LogP contribution < -0.4 is 9.04 Å². The lowest BCUT2D eigenvalue weighted by Gasteiger charge is -2.23.